The van der Waals surface area contributed by atoms with Gasteiger partial charge >= 0.3 is 0 Å². The molecule has 4 rings (SSSR count). The van der Waals surface area contributed by atoms with Gasteiger partial charge in [0.2, 0.25) is 11.9 Å². The summed E-state index contributed by atoms with van der Waals surface area (Å²) in [6.07, 6.45) is 6.42. The highest BCUT2D eigenvalue weighted by atomic mass is 19.1. The number of pyridine rings is 2. The minimum absolute atomic E-state index is 0.00810. The minimum Gasteiger partial charge on any atom is -0.293 e. The number of carbonyl (C=O) groups is 1. The lowest BCUT2D eigenvalue weighted by Crippen LogP contribution is -2.42. The molecule has 0 saturated carbocycles. The summed E-state index contributed by atoms with van der Waals surface area (Å²) in [6.45, 7) is 0.411. The predicted molar refractivity (Wildman–Crippen MR) is 94.8 cm³/mol. The monoisotopic (exact) mass is 369 g/mol. The predicted octanol–water partition coefficient (Wildman–Crippen LogP) is 3.13. The van der Waals surface area contributed by atoms with Crippen molar-refractivity contribution >= 4 is 11.7 Å². The van der Waals surface area contributed by atoms with Crippen molar-refractivity contribution in [2.45, 2.75) is 19.3 Å². The van der Waals surface area contributed by atoms with Gasteiger partial charge in [0.05, 0.1) is 0 Å². The first kappa shape index (κ1) is 17.3. The third-order valence-corrected chi connectivity index (χ3v) is 4.73. The summed E-state index contributed by atoms with van der Waals surface area (Å²) >= 11 is 0. The second-order valence-electron chi connectivity index (χ2n) is 6.49. The zero-order chi connectivity index (χ0) is 18.8. The number of nitrogens with one attached hydrogen (secondary N) is 1. The number of anilines is 1. The van der Waals surface area contributed by atoms with Crippen molar-refractivity contribution in [1.29, 1.82) is 0 Å². The molecule has 4 heterocycles. The van der Waals surface area contributed by atoms with Crippen LogP contribution in [-0.2, 0) is 11.2 Å². The molecule has 1 amide bonds. The molecule has 3 aromatic rings. The number of hydrogen-bond donors (Lipinski definition) is 1. The number of halogens is 2. The Morgan fingerprint density at radius 3 is 2.74 bits per heavy atom. The summed E-state index contributed by atoms with van der Waals surface area (Å²) in [5.41, 5.74) is 1.61. The molecule has 1 saturated heterocycles. The maximum atomic E-state index is 14.9. The Kier molecular flexibility index (Phi) is 4.62. The molecule has 0 bridgehead atoms. The maximum absolute atomic E-state index is 14.9. The molecule has 1 fully saturated rings. The number of piperidine rings is 1. The van der Waals surface area contributed by atoms with Gasteiger partial charge in [-0.2, -0.15) is 9.49 Å². The third-order valence-electron chi connectivity index (χ3n) is 4.73. The fraction of sp³-hybridized carbons (Fsp3) is 0.263. The number of H-pyrrole nitrogens is 1. The number of aromatic amines is 1. The molecule has 1 aliphatic rings. The Morgan fingerprint density at radius 2 is 2.00 bits per heavy atom. The van der Waals surface area contributed by atoms with E-state index in [0.717, 1.165) is 12.0 Å². The summed E-state index contributed by atoms with van der Waals surface area (Å²) in [6, 6.07) is 6.23. The van der Waals surface area contributed by atoms with E-state index in [2.05, 4.69) is 20.2 Å². The molecule has 138 valence electrons. The lowest BCUT2D eigenvalue weighted by Gasteiger charge is -2.30. The topological polar surface area (TPSA) is 74.8 Å². The van der Waals surface area contributed by atoms with E-state index in [1.807, 2.05) is 0 Å². The van der Waals surface area contributed by atoms with E-state index in [4.69, 9.17) is 0 Å². The highest BCUT2D eigenvalue weighted by Crippen LogP contribution is 2.31. The Labute approximate surface area is 154 Å². The van der Waals surface area contributed by atoms with E-state index in [0.29, 0.717) is 24.9 Å². The van der Waals surface area contributed by atoms with Crippen molar-refractivity contribution in [3.8, 4) is 11.3 Å². The second-order valence-corrected chi connectivity index (χ2v) is 6.49. The zero-order valence-corrected chi connectivity index (χ0v) is 14.4. The van der Waals surface area contributed by atoms with Gasteiger partial charge in [0, 0.05) is 36.6 Å². The minimum atomic E-state index is -0.558. The molecule has 0 radical (unpaired) electrons. The van der Waals surface area contributed by atoms with Crippen LogP contribution in [-0.4, -0.2) is 32.6 Å². The standard InChI is InChI=1S/C19H17F2N5O/c20-15-4-3-12(11-23-15)10-14-2-1-9-26(19(14)27)18-16(21)17(24-25-18)13-5-7-22-8-6-13/h3-8,11,14H,1-2,9-10H2,(H,24,25). The Morgan fingerprint density at radius 1 is 1.19 bits per heavy atom. The molecule has 1 aliphatic heterocycles. The van der Waals surface area contributed by atoms with Crippen LogP contribution in [0.4, 0.5) is 14.6 Å². The number of hydrogen-bond acceptors (Lipinski definition) is 4. The highest BCUT2D eigenvalue weighted by Gasteiger charge is 2.33. The van der Waals surface area contributed by atoms with E-state index in [9.17, 15) is 13.6 Å². The van der Waals surface area contributed by atoms with Crippen LogP contribution >= 0.6 is 0 Å². The van der Waals surface area contributed by atoms with Gasteiger partial charge in [0.1, 0.15) is 5.69 Å². The van der Waals surface area contributed by atoms with Crippen LogP contribution in [0.2, 0.25) is 0 Å². The van der Waals surface area contributed by atoms with E-state index in [1.54, 1.807) is 30.6 Å². The molecule has 6 nitrogen and oxygen atoms in total. The quantitative estimate of drug-likeness (QED) is 0.717. The smallest absolute Gasteiger partial charge is 0.231 e. The van der Waals surface area contributed by atoms with Crippen molar-refractivity contribution in [2.24, 2.45) is 5.92 Å². The Hall–Kier alpha value is -3.16. The molecular formula is C19H17F2N5O. The lowest BCUT2D eigenvalue weighted by atomic mass is 9.91. The van der Waals surface area contributed by atoms with Gasteiger partial charge in [-0.1, -0.05) is 6.07 Å². The third kappa shape index (κ3) is 3.42. The highest BCUT2D eigenvalue weighted by molar-refractivity contribution is 5.95. The van der Waals surface area contributed by atoms with Gasteiger partial charge in [-0.25, -0.2) is 9.37 Å². The molecule has 1 N–H and O–H groups in total. The van der Waals surface area contributed by atoms with Crippen LogP contribution in [0.15, 0.2) is 42.9 Å². The van der Waals surface area contributed by atoms with Gasteiger partial charge in [-0.05, 0) is 43.0 Å². The molecule has 0 spiro atoms. The van der Waals surface area contributed by atoms with Crippen molar-refractivity contribution in [1.82, 2.24) is 20.2 Å². The van der Waals surface area contributed by atoms with Crippen LogP contribution in [0.5, 0.6) is 0 Å². The molecule has 27 heavy (non-hydrogen) atoms. The van der Waals surface area contributed by atoms with Crippen LogP contribution in [0.1, 0.15) is 18.4 Å². The van der Waals surface area contributed by atoms with E-state index in [-0.39, 0.29) is 23.3 Å². The number of carbonyl (C=O) groups excluding carboxylic acids is 1. The average Bonchev–Trinajstić information content (AvgIpc) is 3.07. The summed E-state index contributed by atoms with van der Waals surface area (Å²) < 4.78 is 27.9. The van der Waals surface area contributed by atoms with Gasteiger partial charge in [0.15, 0.2) is 11.6 Å². The van der Waals surface area contributed by atoms with E-state index in [1.165, 1.54) is 17.2 Å². The van der Waals surface area contributed by atoms with Crippen molar-refractivity contribution in [2.75, 3.05) is 11.4 Å². The molecule has 1 atom stereocenters. The SMILES string of the molecule is O=C1C(Cc2ccc(F)nc2)CCCN1c1n[nH]c(-c2ccncc2)c1F. The van der Waals surface area contributed by atoms with E-state index >= 15 is 0 Å². The molecule has 0 aliphatic carbocycles. The number of nitrogens with zero attached hydrogens (tertiary/aromatic N) is 4. The Balaban J connectivity index is 1.56. The first-order valence-electron chi connectivity index (χ1n) is 8.69. The summed E-state index contributed by atoms with van der Waals surface area (Å²) in [7, 11) is 0. The fourth-order valence-corrected chi connectivity index (χ4v) is 3.37. The van der Waals surface area contributed by atoms with Crippen molar-refractivity contribution in [3.63, 3.8) is 0 Å². The maximum Gasteiger partial charge on any atom is 0.231 e. The first-order chi connectivity index (χ1) is 13.1. The van der Waals surface area contributed by atoms with Crippen molar-refractivity contribution < 1.29 is 13.6 Å². The summed E-state index contributed by atoms with van der Waals surface area (Å²) in [5.74, 6) is -1.60. The van der Waals surface area contributed by atoms with Crippen molar-refractivity contribution in [3.05, 3.63) is 60.2 Å². The normalized spacial score (nSPS) is 17.3. The molecule has 8 heteroatoms. The molecular weight excluding hydrogens is 352 g/mol. The van der Waals surface area contributed by atoms with Crippen LogP contribution in [0.25, 0.3) is 11.3 Å². The van der Waals surface area contributed by atoms with Gasteiger partial charge in [-0.15, -0.1) is 0 Å². The van der Waals surface area contributed by atoms with Gasteiger partial charge in [0.25, 0.3) is 0 Å². The van der Waals surface area contributed by atoms with Crippen LogP contribution in [0.3, 0.4) is 0 Å². The van der Waals surface area contributed by atoms with Gasteiger partial charge < -0.3 is 0 Å². The van der Waals surface area contributed by atoms with Gasteiger partial charge in [-0.3, -0.25) is 19.8 Å². The van der Waals surface area contributed by atoms with Crippen LogP contribution in [0, 0.1) is 17.7 Å². The average molecular weight is 369 g/mol. The Bertz CT molecular complexity index is 942. The number of aromatic nitrogens is 4. The first-order valence-corrected chi connectivity index (χ1v) is 8.69. The largest absolute Gasteiger partial charge is 0.293 e. The molecule has 0 aromatic carbocycles. The molecule has 3 aromatic heterocycles. The zero-order valence-electron chi connectivity index (χ0n) is 14.4. The van der Waals surface area contributed by atoms with Crippen LogP contribution < -0.4 is 4.90 Å². The fourth-order valence-electron chi connectivity index (χ4n) is 3.37. The number of rotatable bonds is 4. The number of amides is 1. The lowest BCUT2D eigenvalue weighted by molar-refractivity contribution is -0.123. The summed E-state index contributed by atoms with van der Waals surface area (Å²) in [4.78, 5) is 21.8. The molecule has 1 unspecified atom stereocenters. The summed E-state index contributed by atoms with van der Waals surface area (Å²) in [5, 5.41) is 6.72. The van der Waals surface area contributed by atoms with E-state index < -0.39 is 11.8 Å². The second kappa shape index (κ2) is 7.22.